The minimum atomic E-state index is -0.165. The summed E-state index contributed by atoms with van der Waals surface area (Å²) in [6, 6.07) is 0.835. The van der Waals surface area contributed by atoms with Crippen molar-refractivity contribution in [3.63, 3.8) is 0 Å². The first-order chi connectivity index (χ1) is 9.20. The molecular formula is C14H27N3O2. The van der Waals surface area contributed by atoms with Crippen LogP contribution in [-0.2, 0) is 0 Å². The highest BCUT2D eigenvalue weighted by atomic mass is 16.3. The summed E-state index contributed by atoms with van der Waals surface area (Å²) >= 11 is 0. The van der Waals surface area contributed by atoms with Gasteiger partial charge in [-0.1, -0.05) is 6.42 Å². The van der Waals surface area contributed by atoms with Gasteiger partial charge in [0.05, 0.1) is 6.61 Å². The fraction of sp³-hybridized carbons (Fsp3) is 0.929. The van der Waals surface area contributed by atoms with E-state index in [-0.39, 0.29) is 18.7 Å². The molecule has 1 saturated heterocycles. The van der Waals surface area contributed by atoms with Crippen LogP contribution in [0.2, 0.25) is 0 Å². The summed E-state index contributed by atoms with van der Waals surface area (Å²) in [5.74, 6) is 0.550. The quantitative estimate of drug-likeness (QED) is 0.696. The molecule has 1 heterocycles. The first-order valence-corrected chi connectivity index (χ1v) is 7.60. The maximum absolute atomic E-state index is 11.6. The van der Waals surface area contributed by atoms with Crippen molar-refractivity contribution in [3.8, 4) is 0 Å². The van der Waals surface area contributed by atoms with Gasteiger partial charge in [0, 0.05) is 25.2 Å². The molecule has 2 fully saturated rings. The van der Waals surface area contributed by atoms with Crippen LogP contribution in [0.15, 0.2) is 0 Å². The molecule has 0 aromatic heterocycles. The van der Waals surface area contributed by atoms with Crippen molar-refractivity contribution >= 4 is 6.03 Å². The van der Waals surface area contributed by atoms with E-state index in [9.17, 15) is 4.79 Å². The zero-order valence-corrected chi connectivity index (χ0v) is 11.9. The van der Waals surface area contributed by atoms with Crippen molar-refractivity contribution in [2.75, 3.05) is 26.2 Å². The van der Waals surface area contributed by atoms with Crippen molar-refractivity contribution in [2.45, 2.75) is 51.1 Å². The van der Waals surface area contributed by atoms with E-state index in [1.165, 1.54) is 38.6 Å². The predicted octanol–water partition coefficient (Wildman–Crippen LogP) is 0.931. The number of carbonyl (C=O) groups excluding carboxylic acids is 1. The summed E-state index contributed by atoms with van der Waals surface area (Å²) in [6.07, 6.45) is 6.52. The van der Waals surface area contributed by atoms with E-state index < -0.39 is 0 Å². The van der Waals surface area contributed by atoms with E-state index in [1.807, 2.05) is 0 Å². The topological polar surface area (TPSA) is 64.6 Å². The Labute approximate surface area is 115 Å². The third-order valence-electron chi connectivity index (χ3n) is 4.54. The van der Waals surface area contributed by atoms with Crippen LogP contribution in [0.25, 0.3) is 0 Å². The van der Waals surface area contributed by atoms with Crippen LogP contribution in [-0.4, -0.2) is 54.4 Å². The van der Waals surface area contributed by atoms with Crippen LogP contribution in [0.4, 0.5) is 4.79 Å². The second-order valence-corrected chi connectivity index (χ2v) is 5.89. The first kappa shape index (κ1) is 14.6. The summed E-state index contributed by atoms with van der Waals surface area (Å²) in [5.41, 5.74) is 0. The molecule has 19 heavy (non-hydrogen) atoms. The van der Waals surface area contributed by atoms with Crippen molar-refractivity contribution in [2.24, 2.45) is 5.92 Å². The van der Waals surface area contributed by atoms with Crippen LogP contribution >= 0.6 is 0 Å². The third-order valence-corrected chi connectivity index (χ3v) is 4.54. The van der Waals surface area contributed by atoms with E-state index in [0.29, 0.717) is 12.5 Å². The van der Waals surface area contributed by atoms with E-state index in [1.54, 1.807) is 0 Å². The number of likely N-dealkylation sites (tertiary alicyclic amines) is 1. The van der Waals surface area contributed by atoms with Crippen molar-refractivity contribution in [1.29, 1.82) is 0 Å². The maximum atomic E-state index is 11.6. The molecule has 0 aromatic carbocycles. The lowest BCUT2D eigenvalue weighted by molar-refractivity contribution is 0.0678. The number of hydrogen-bond acceptors (Lipinski definition) is 3. The highest BCUT2D eigenvalue weighted by molar-refractivity contribution is 5.74. The van der Waals surface area contributed by atoms with Gasteiger partial charge in [0.2, 0.25) is 0 Å². The Balaban J connectivity index is 1.74. The van der Waals surface area contributed by atoms with Crippen LogP contribution in [0.1, 0.15) is 39.0 Å². The highest BCUT2D eigenvalue weighted by Gasteiger charge is 2.31. The van der Waals surface area contributed by atoms with Gasteiger partial charge in [-0.2, -0.15) is 0 Å². The average molecular weight is 269 g/mol. The number of rotatable bonds is 5. The molecule has 3 N–H and O–H groups in total. The Morgan fingerprint density at radius 1 is 1.37 bits per heavy atom. The van der Waals surface area contributed by atoms with E-state index in [2.05, 4.69) is 22.5 Å². The number of nitrogens with zero attached hydrogens (tertiary/aromatic N) is 1. The molecular weight excluding hydrogens is 242 g/mol. The molecule has 2 aliphatic rings. The van der Waals surface area contributed by atoms with Gasteiger partial charge < -0.3 is 20.6 Å². The average Bonchev–Trinajstić information content (AvgIpc) is 2.34. The fourth-order valence-electron chi connectivity index (χ4n) is 3.08. The van der Waals surface area contributed by atoms with Gasteiger partial charge in [-0.3, -0.25) is 0 Å². The molecule has 5 heteroatoms. The Kier molecular flexibility index (Phi) is 5.45. The van der Waals surface area contributed by atoms with E-state index in [0.717, 1.165) is 12.6 Å². The number of nitrogens with one attached hydrogen (secondary N) is 2. The Morgan fingerprint density at radius 3 is 2.79 bits per heavy atom. The van der Waals surface area contributed by atoms with Gasteiger partial charge in [0.25, 0.3) is 0 Å². The summed E-state index contributed by atoms with van der Waals surface area (Å²) < 4.78 is 0. The zero-order chi connectivity index (χ0) is 13.7. The molecule has 2 rings (SSSR count). The first-order valence-electron chi connectivity index (χ1n) is 7.60. The van der Waals surface area contributed by atoms with Crippen LogP contribution < -0.4 is 10.6 Å². The van der Waals surface area contributed by atoms with E-state index >= 15 is 0 Å². The highest BCUT2D eigenvalue weighted by Crippen LogP contribution is 2.29. The third kappa shape index (κ3) is 4.08. The molecule has 1 aliphatic heterocycles. The number of aliphatic hydroxyl groups is 1. The molecule has 2 unspecified atom stereocenters. The normalized spacial score (nSPS) is 26.5. The number of piperidine rings is 1. The molecule has 0 bridgehead atoms. The smallest absolute Gasteiger partial charge is 0.315 e. The van der Waals surface area contributed by atoms with Crippen LogP contribution in [0, 0.1) is 5.92 Å². The van der Waals surface area contributed by atoms with Crippen molar-refractivity contribution < 1.29 is 9.90 Å². The molecule has 5 nitrogen and oxygen atoms in total. The minimum absolute atomic E-state index is 0.0132. The lowest BCUT2D eigenvalue weighted by atomic mass is 9.86. The van der Waals surface area contributed by atoms with Gasteiger partial charge >= 0.3 is 6.03 Å². The maximum Gasteiger partial charge on any atom is 0.315 e. The molecule has 0 aromatic rings. The molecule has 2 atom stereocenters. The Morgan fingerprint density at radius 2 is 2.16 bits per heavy atom. The predicted molar refractivity (Wildman–Crippen MR) is 75.0 cm³/mol. The molecule has 0 radical (unpaired) electrons. The van der Waals surface area contributed by atoms with Gasteiger partial charge in [-0.15, -0.1) is 0 Å². The molecule has 1 aliphatic carbocycles. The SMILES string of the molecule is CC(NC(=O)NCCO)C1CCCN(C2CCC2)C1. The summed E-state index contributed by atoms with van der Waals surface area (Å²) in [7, 11) is 0. The monoisotopic (exact) mass is 269 g/mol. The fourth-order valence-corrected chi connectivity index (χ4v) is 3.08. The second kappa shape index (κ2) is 7.10. The van der Waals surface area contributed by atoms with Gasteiger partial charge in [0.15, 0.2) is 0 Å². The number of aliphatic hydroxyl groups excluding tert-OH is 1. The van der Waals surface area contributed by atoms with Gasteiger partial charge in [-0.25, -0.2) is 4.79 Å². The summed E-state index contributed by atoms with van der Waals surface area (Å²) in [5, 5.41) is 14.3. The molecule has 110 valence electrons. The lowest BCUT2D eigenvalue weighted by Gasteiger charge is -2.43. The zero-order valence-electron chi connectivity index (χ0n) is 11.9. The van der Waals surface area contributed by atoms with Gasteiger partial charge in [-0.05, 0) is 45.1 Å². The standard InChI is InChI=1S/C14H27N3O2/c1-11(16-14(19)15-7-9-18)12-4-3-8-17(10-12)13-5-2-6-13/h11-13,18H,2-10H2,1H3,(H2,15,16,19). The molecule has 2 amide bonds. The van der Waals surface area contributed by atoms with Crippen molar-refractivity contribution in [1.82, 2.24) is 15.5 Å². The molecule has 0 spiro atoms. The van der Waals surface area contributed by atoms with Gasteiger partial charge in [0.1, 0.15) is 0 Å². The van der Waals surface area contributed by atoms with Crippen molar-refractivity contribution in [3.05, 3.63) is 0 Å². The lowest BCUT2D eigenvalue weighted by Crippen LogP contribution is -2.52. The minimum Gasteiger partial charge on any atom is -0.395 e. The van der Waals surface area contributed by atoms with E-state index in [4.69, 9.17) is 5.11 Å². The number of amides is 2. The second-order valence-electron chi connectivity index (χ2n) is 5.89. The number of carbonyl (C=O) groups is 1. The summed E-state index contributed by atoms with van der Waals surface area (Å²) in [4.78, 5) is 14.2. The van der Waals surface area contributed by atoms with Crippen LogP contribution in [0.3, 0.4) is 0 Å². The molecule has 1 saturated carbocycles. The number of urea groups is 1. The van der Waals surface area contributed by atoms with Crippen LogP contribution in [0.5, 0.6) is 0 Å². The Bertz CT molecular complexity index is 294. The largest absolute Gasteiger partial charge is 0.395 e. The Hall–Kier alpha value is -0.810. The summed E-state index contributed by atoms with van der Waals surface area (Å²) in [6.45, 7) is 4.74. The number of hydrogen-bond donors (Lipinski definition) is 3.